The highest BCUT2D eigenvalue weighted by Gasteiger charge is 2.36. The van der Waals surface area contributed by atoms with E-state index in [0.717, 1.165) is 19.3 Å². The molecule has 1 aliphatic carbocycles. The van der Waals surface area contributed by atoms with Gasteiger partial charge in [-0.25, -0.2) is 4.39 Å². The van der Waals surface area contributed by atoms with Crippen molar-refractivity contribution in [2.24, 2.45) is 11.8 Å². The number of amides is 2. The van der Waals surface area contributed by atoms with Crippen LogP contribution in [0, 0.1) is 17.7 Å². The van der Waals surface area contributed by atoms with Gasteiger partial charge in [-0.2, -0.15) is 0 Å². The molecule has 1 aromatic rings. The van der Waals surface area contributed by atoms with E-state index >= 15 is 0 Å². The maximum atomic E-state index is 13.0. The molecule has 0 aromatic heterocycles. The van der Waals surface area contributed by atoms with Gasteiger partial charge in [-0.3, -0.25) is 9.59 Å². The molecule has 0 unspecified atom stereocenters. The number of hydrogen-bond acceptors (Lipinski definition) is 2. The zero-order valence-corrected chi connectivity index (χ0v) is 13.4. The molecular formula is C18H23FN2O2. The average molecular weight is 318 g/mol. The van der Waals surface area contributed by atoms with Crippen molar-refractivity contribution in [3.05, 3.63) is 30.1 Å². The Hall–Kier alpha value is -1.91. The van der Waals surface area contributed by atoms with E-state index in [9.17, 15) is 14.0 Å². The van der Waals surface area contributed by atoms with Crippen molar-refractivity contribution in [3.63, 3.8) is 0 Å². The molecule has 0 spiro atoms. The summed E-state index contributed by atoms with van der Waals surface area (Å²) in [5.41, 5.74) is 0.651. The number of nitrogens with zero attached hydrogens (tertiary/aromatic N) is 1. The summed E-state index contributed by atoms with van der Waals surface area (Å²) in [5.74, 6) is -0.254. The van der Waals surface area contributed by atoms with Crippen molar-refractivity contribution in [2.75, 3.05) is 11.4 Å². The Labute approximate surface area is 136 Å². The molecule has 23 heavy (non-hydrogen) atoms. The molecule has 1 heterocycles. The number of carbonyl (C=O) groups excluding carboxylic acids is 2. The van der Waals surface area contributed by atoms with E-state index in [1.54, 1.807) is 17.0 Å². The first kappa shape index (κ1) is 16.0. The summed E-state index contributed by atoms with van der Waals surface area (Å²) < 4.78 is 13.0. The lowest BCUT2D eigenvalue weighted by Crippen LogP contribution is -2.44. The highest BCUT2D eigenvalue weighted by atomic mass is 19.1. The predicted molar refractivity (Wildman–Crippen MR) is 86.4 cm³/mol. The third kappa shape index (κ3) is 3.54. The van der Waals surface area contributed by atoms with Crippen molar-refractivity contribution < 1.29 is 14.0 Å². The summed E-state index contributed by atoms with van der Waals surface area (Å²) in [5, 5.41) is 3.13. The smallest absolute Gasteiger partial charge is 0.227 e. The maximum absolute atomic E-state index is 13.0. The number of benzene rings is 1. The molecule has 2 aliphatic rings. The summed E-state index contributed by atoms with van der Waals surface area (Å²) in [6, 6.07) is 6.05. The largest absolute Gasteiger partial charge is 0.353 e. The quantitative estimate of drug-likeness (QED) is 0.931. The molecule has 1 N–H and O–H groups in total. The van der Waals surface area contributed by atoms with Crippen LogP contribution >= 0.6 is 0 Å². The minimum absolute atomic E-state index is 0.0262. The van der Waals surface area contributed by atoms with Crippen LogP contribution in [0.1, 0.15) is 39.0 Å². The zero-order chi connectivity index (χ0) is 16.4. The number of anilines is 1. The molecule has 3 atom stereocenters. The van der Waals surface area contributed by atoms with E-state index in [1.165, 1.54) is 18.6 Å². The minimum Gasteiger partial charge on any atom is -0.353 e. The topological polar surface area (TPSA) is 49.4 Å². The fourth-order valence-corrected chi connectivity index (χ4v) is 3.59. The first-order valence-electron chi connectivity index (χ1n) is 8.41. The molecule has 0 bridgehead atoms. The van der Waals surface area contributed by atoms with Crippen LogP contribution in [0.25, 0.3) is 0 Å². The van der Waals surface area contributed by atoms with Crippen molar-refractivity contribution in [1.82, 2.24) is 5.32 Å². The maximum Gasteiger partial charge on any atom is 0.227 e. The van der Waals surface area contributed by atoms with Crippen molar-refractivity contribution in [1.29, 1.82) is 0 Å². The zero-order valence-electron chi connectivity index (χ0n) is 13.4. The van der Waals surface area contributed by atoms with Gasteiger partial charge in [0.25, 0.3) is 0 Å². The Bertz CT molecular complexity index is 587. The summed E-state index contributed by atoms with van der Waals surface area (Å²) >= 11 is 0. The van der Waals surface area contributed by atoms with Crippen LogP contribution in [0.15, 0.2) is 24.3 Å². The lowest BCUT2D eigenvalue weighted by molar-refractivity contribution is -0.127. The molecule has 1 aliphatic heterocycles. The van der Waals surface area contributed by atoms with E-state index in [4.69, 9.17) is 0 Å². The van der Waals surface area contributed by atoms with Crippen LogP contribution in [0.2, 0.25) is 0 Å². The minimum atomic E-state index is -0.332. The number of carbonyl (C=O) groups is 2. The average Bonchev–Trinajstić information content (AvgIpc) is 2.92. The highest BCUT2D eigenvalue weighted by molar-refractivity contribution is 6.00. The molecule has 2 amide bonds. The van der Waals surface area contributed by atoms with E-state index in [-0.39, 0.29) is 36.0 Å². The second-order valence-electron chi connectivity index (χ2n) is 6.76. The number of nitrogens with one attached hydrogen (secondary N) is 1. The molecule has 1 saturated heterocycles. The molecule has 5 heteroatoms. The van der Waals surface area contributed by atoms with Gasteiger partial charge in [0.2, 0.25) is 11.8 Å². The lowest BCUT2D eigenvalue weighted by atomic mass is 9.85. The number of halogens is 1. The normalized spacial score (nSPS) is 28.0. The Morgan fingerprint density at radius 2 is 1.91 bits per heavy atom. The van der Waals surface area contributed by atoms with Gasteiger partial charge >= 0.3 is 0 Å². The molecule has 1 aromatic carbocycles. The van der Waals surface area contributed by atoms with Gasteiger partial charge < -0.3 is 10.2 Å². The van der Waals surface area contributed by atoms with Crippen LogP contribution in [-0.2, 0) is 9.59 Å². The SMILES string of the molecule is C[C@@H]1CCCC[C@H]1NC(=O)[C@@H]1CC(=O)N(c2ccc(F)cc2)C1. The molecular weight excluding hydrogens is 295 g/mol. The predicted octanol–water partition coefficient (Wildman–Crippen LogP) is 2.87. The fraction of sp³-hybridized carbons (Fsp3) is 0.556. The van der Waals surface area contributed by atoms with Crippen LogP contribution < -0.4 is 10.2 Å². The fourth-order valence-electron chi connectivity index (χ4n) is 3.59. The van der Waals surface area contributed by atoms with E-state index < -0.39 is 0 Å². The summed E-state index contributed by atoms with van der Waals surface area (Å²) in [6.07, 6.45) is 4.78. The lowest BCUT2D eigenvalue weighted by Gasteiger charge is -2.30. The summed E-state index contributed by atoms with van der Waals surface area (Å²) in [6.45, 7) is 2.55. The van der Waals surface area contributed by atoms with Crippen molar-refractivity contribution in [2.45, 2.75) is 45.1 Å². The van der Waals surface area contributed by atoms with Gasteiger partial charge in [0.1, 0.15) is 5.82 Å². The van der Waals surface area contributed by atoms with Gasteiger partial charge in [0.05, 0.1) is 5.92 Å². The monoisotopic (exact) mass is 318 g/mol. The van der Waals surface area contributed by atoms with Crippen LogP contribution in [-0.4, -0.2) is 24.4 Å². The van der Waals surface area contributed by atoms with E-state index in [2.05, 4.69) is 12.2 Å². The van der Waals surface area contributed by atoms with Crippen LogP contribution in [0.5, 0.6) is 0 Å². The second kappa shape index (κ2) is 6.69. The standard InChI is InChI=1S/C18H23FN2O2/c1-12-4-2-3-5-16(12)20-18(23)13-10-17(22)21(11-13)15-8-6-14(19)7-9-15/h6-9,12-13,16H,2-5,10-11H2,1H3,(H,20,23)/t12-,13-,16-/m1/s1. The Morgan fingerprint density at radius 1 is 1.22 bits per heavy atom. The summed E-state index contributed by atoms with van der Waals surface area (Å²) in [4.78, 5) is 26.2. The molecule has 0 radical (unpaired) electrons. The van der Waals surface area contributed by atoms with E-state index in [1.807, 2.05) is 0 Å². The molecule has 124 valence electrons. The molecule has 3 rings (SSSR count). The van der Waals surface area contributed by atoms with Crippen molar-refractivity contribution >= 4 is 17.5 Å². The summed E-state index contributed by atoms with van der Waals surface area (Å²) in [7, 11) is 0. The van der Waals surface area contributed by atoms with Crippen molar-refractivity contribution in [3.8, 4) is 0 Å². The second-order valence-corrected chi connectivity index (χ2v) is 6.76. The van der Waals surface area contributed by atoms with Gasteiger partial charge in [0, 0.05) is 24.7 Å². The van der Waals surface area contributed by atoms with Crippen LogP contribution in [0.3, 0.4) is 0 Å². The third-order valence-corrected chi connectivity index (χ3v) is 5.07. The third-order valence-electron chi connectivity index (χ3n) is 5.07. The van der Waals surface area contributed by atoms with Gasteiger partial charge in [-0.05, 0) is 43.0 Å². The Morgan fingerprint density at radius 3 is 2.61 bits per heavy atom. The Balaban J connectivity index is 1.62. The first-order valence-corrected chi connectivity index (χ1v) is 8.41. The first-order chi connectivity index (χ1) is 11.0. The van der Waals surface area contributed by atoms with Gasteiger partial charge in [-0.1, -0.05) is 19.8 Å². The molecule has 2 fully saturated rings. The van der Waals surface area contributed by atoms with Gasteiger partial charge in [-0.15, -0.1) is 0 Å². The Kier molecular flexibility index (Phi) is 4.64. The van der Waals surface area contributed by atoms with E-state index in [0.29, 0.717) is 18.2 Å². The molecule has 4 nitrogen and oxygen atoms in total. The molecule has 1 saturated carbocycles. The highest BCUT2D eigenvalue weighted by Crippen LogP contribution is 2.27. The number of rotatable bonds is 3. The number of hydrogen-bond donors (Lipinski definition) is 1. The van der Waals surface area contributed by atoms with Crippen LogP contribution in [0.4, 0.5) is 10.1 Å². The van der Waals surface area contributed by atoms with Gasteiger partial charge in [0.15, 0.2) is 0 Å².